The van der Waals surface area contributed by atoms with Gasteiger partial charge in [0, 0.05) is 12.0 Å². The Kier molecular flexibility index (Phi) is 5.15. The van der Waals surface area contributed by atoms with Gasteiger partial charge in [0.25, 0.3) is 5.78 Å². The number of ether oxygens (including phenoxy) is 1. The highest BCUT2D eigenvalue weighted by Gasteiger charge is 2.48. The number of aliphatic hydroxyl groups is 1. The number of hydrogen-bond donors (Lipinski definition) is 1. The lowest BCUT2D eigenvalue weighted by Gasteiger charge is -2.23. The molecule has 3 aromatic carbocycles. The van der Waals surface area contributed by atoms with Gasteiger partial charge in [0.05, 0.1) is 21.8 Å². The number of carbonyl (C=O) groups is 2. The minimum Gasteiger partial charge on any atom is -0.507 e. The van der Waals surface area contributed by atoms with Crippen LogP contribution in [0.4, 0.5) is 9.52 Å². The highest BCUT2D eigenvalue weighted by molar-refractivity contribution is 7.22. The Bertz CT molecular complexity index is 1590. The number of carbonyl (C=O) groups excluding carboxylic acids is 2. The van der Waals surface area contributed by atoms with Crippen molar-refractivity contribution in [1.82, 2.24) is 4.98 Å². The van der Waals surface area contributed by atoms with Gasteiger partial charge in [-0.2, -0.15) is 0 Å². The molecule has 36 heavy (non-hydrogen) atoms. The second-order valence-electron chi connectivity index (χ2n) is 9.14. The Hall–Kier alpha value is -4.04. The summed E-state index contributed by atoms with van der Waals surface area (Å²) in [5.74, 6) is -1.61. The maximum Gasteiger partial charge on any atom is 0.301 e. The molecule has 2 aliphatic rings. The summed E-state index contributed by atoms with van der Waals surface area (Å²) in [6.07, 6.45) is 0.696. The predicted molar refractivity (Wildman–Crippen MR) is 136 cm³/mol. The van der Waals surface area contributed by atoms with Crippen molar-refractivity contribution in [2.75, 3.05) is 4.90 Å². The zero-order valence-electron chi connectivity index (χ0n) is 19.5. The Morgan fingerprint density at radius 2 is 1.89 bits per heavy atom. The molecular weight excluding hydrogens is 479 g/mol. The maximum atomic E-state index is 13.8. The molecule has 0 unspecified atom stereocenters. The Morgan fingerprint density at radius 1 is 1.11 bits per heavy atom. The molecule has 3 heterocycles. The number of anilines is 1. The summed E-state index contributed by atoms with van der Waals surface area (Å²) in [7, 11) is 0. The van der Waals surface area contributed by atoms with Gasteiger partial charge in [-0.05, 0) is 73.0 Å². The lowest BCUT2D eigenvalue weighted by atomic mass is 9.94. The normalized spacial score (nSPS) is 20.7. The number of amides is 1. The fourth-order valence-corrected chi connectivity index (χ4v) is 5.93. The molecule has 8 heteroatoms. The molecule has 0 saturated carbocycles. The average molecular weight is 501 g/mol. The third-order valence-corrected chi connectivity index (χ3v) is 7.56. The van der Waals surface area contributed by atoms with Crippen LogP contribution in [0, 0.1) is 12.7 Å². The fourth-order valence-electron chi connectivity index (χ4n) is 4.84. The topological polar surface area (TPSA) is 79.7 Å². The molecule has 4 aromatic rings. The number of aryl methyl sites for hydroxylation is 1. The van der Waals surface area contributed by atoms with E-state index in [1.807, 2.05) is 32.0 Å². The zero-order valence-corrected chi connectivity index (χ0v) is 20.3. The third kappa shape index (κ3) is 3.56. The summed E-state index contributed by atoms with van der Waals surface area (Å²) in [6, 6.07) is 15.6. The molecule has 0 bridgehead atoms. The number of halogens is 1. The Balaban J connectivity index is 1.53. The van der Waals surface area contributed by atoms with E-state index in [1.165, 1.54) is 40.5 Å². The van der Waals surface area contributed by atoms with Crippen molar-refractivity contribution >= 4 is 44.1 Å². The van der Waals surface area contributed by atoms with E-state index in [1.54, 1.807) is 18.2 Å². The zero-order chi connectivity index (χ0) is 25.1. The molecule has 1 saturated heterocycles. The number of aromatic nitrogens is 1. The van der Waals surface area contributed by atoms with Gasteiger partial charge in [-0.1, -0.05) is 29.5 Å². The van der Waals surface area contributed by atoms with Crippen LogP contribution in [0.3, 0.4) is 0 Å². The highest BCUT2D eigenvalue weighted by Crippen LogP contribution is 2.45. The molecule has 0 radical (unpaired) electrons. The third-order valence-electron chi connectivity index (χ3n) is 6.54. The summed E-state index contributed by atoms with van der Waals surface area (Å²) in [4.78, 5) is 32.7. The number of ketones is 1. The van der Waals surface area contributed by atoms with Crippen molar-refractivity contribution in [1.29, 1.82) is 0 Å². The SMILES string of the molecule is Cc1ccc2nc(N3C(=O)C(=O)/C(=C(/O)c4ccc5c(c4)C[C@@H](C)O5)[C@H]3c3ccc(F)cc3)sc2c1. The first-order valence-electron chi connectivity index (χ1n) is 11.5. The van der Waals surface area contributed by atoms with Crippen molar-refractivity contribution in [3.8, 4) is 5.75 Å². The lowest BCUT2D eigenvalue weighted by molar-refractivity contribution is -0.132. The number of nitrogens with zero attached hydrogens (tertiary/aromatic N) is 2. The summed E-state index contributed by atoms with van der Waals surface area (Å²) in [5.41, 5.74) is 3.51. The second kappa shape index (κ2) is 8.27. The number of Topliss-reactive ketones (excluding diaryl/α,β-unsaturated/α-hetero) is 1. The van der Waals surface area contributed by atoms with Crippen molar-refractivity contribution in [3.63, 3.8) is 0 Å². The monoisotopic (exact) mass is 500 g/mol. The van der Waals surface area contributed by atoms with Crippen molar-refractivity contribution in [3.05, 3.63) is 94.3 Å². The molecule has 2 aliphatic heterocycles. The van der Waals surface area contributed by atoms with Gasteiger partial charge in [0.1, 0.15) is 23.4 Å². The number of thiazole rings is 1. The van der Waals surface area contributed by atoms with Gasteiger partial charge in [-0.15, -0.1) is 0 Å². The van der Waals surface area contributed by atoms with E-state index in [4.69, 9.17) is 4.74 Å². The minimum atomic E-state index is -0.962. The second-order valence-corrected chi connectivity index (χ2v) is 10.2. The van der Waals surface area contributed by atoms with E-state index < -0.39 is 23.5 Å². The summed E-state index contributed by atoms with van der Waals surface area (Å²) < 4.78 is 20.4. The molecule has 0 aliphatic carbocycles. The van der Waals surface area contributed by atoms with Crippen LogP contribution in [-0.4, -0.2) is 27.9 Å². The number of benzene rings is 3. The molecule has 1 aromatic heterocycles. The molecule has 1 amide bonds. The van der Waals surface area contributed by atoms with Gasteiger partial charge >= 0.3 is 5.91 Å². The summed E-state index contributed by atoms with van der Waals surface area (Å²) in [6.45, 7) is 3.92. The van der Waals surface area contributed by atoms with Gasteiger partial charge in [-0.3, -0.25) is 14.5 Å². The first-order valence-corrected chi connectivity index (χ1v) is 12.4. The van der Waals surface area contributed by atoms with Gasteiger partial charge in [0.2, 0.25) is 0 Å². The van der Waals surface area contributed by atoms with Gasteiger partial charge in [-0.25, -0.2) is 9.37 Å². The predicted octanol–water partition coefficient (Wildman–Crippen LogP) is 5.69. The van der Waals surface area contributed by atoms with Crippen molar-refractivity contribution in [2.24, 2.45) is 0 Å². The standard InChI is InChI=1S/C28H21FN2O4S/c1-14-3-9-20-22(11-14)36-28(30-20)31-24(16-4-7-19(29)8-5-16)23(26(33)27(31)34)25(32)17-6-10-21-18(13-17)12-15(2)35-21/h3-11,13,15,24,32H,12H2,1-2H3/b25-23+/t15-,24-/m1/s1. The molecule has 180 valence electrons. The minimum absolute atomic E-state index is 0.0184. The van der Waals surface area contributed by atoms with Crippen LogP contribution in [0.2, 0.25) is 0 Å². The number of aliphatic hydroxyl groups excluding tert-OH is 1. The molecular formula is C28H21FN2O4S. The van der Waals surface area contributed by atoms with E-state index >= 15 is 0 Å². The van der Waals surface area contributed by atoms with Gasteiger partial charge in [0.15, 0.2) is 5.13 Å². The molecule has 2 atom stereocenters. The molecule has 0 spiro atoms. The van der Waals surface area contributed by atoms with E-state index in [9.17, 15) is 19.1 Å². The lowest BCUT2D eigenvalue weighted by Crippen LogP contribution is -2.29. The van der Waals surface area contributed by atoms with Crippen molar-refractivity contribution in [2.45, 2.75) is 32.4 Å². The van der Waals surface area contributed by atoms with E-state index in [0.29, 0.717) is 28.2 Å². The number of hydrogen-bond acceptors (Lipinski definition) is 6. The molecule has 6 nitrogen and oxygen atoms in total. The molecule has 6 rings (SSSR count). The van der Waals surface area contributed by atoms with Crippen LogP contribution in [-0.2, 0) is 16.0 Å². The first kappa shape index (κ1) is 22.4. The highest BCUT2D eigenvalue weighted by atomic mass is 32.1. The Labute approximate surface area is 210 Å². The maximum absolute atomic E-state index is 13.8. The fraction of sp³-hybridized carbons (Fsp3) is 0.179. The average Bonchev–Trinajstić information content (AvgIpc) is 3.51. The van der Waals surface area contributed by atoms with E-state index in [-0.39, 0.29) is 17.4 Å². The largest absolute Gasteiger partial charge is 0.507 e. The molecule has 1 fully saturated rings. The van der Waals surface area contributed by atoms with Crippen LogP contribution in [0.25, 0.3) is 16.0 Å². The van der Waals surface area contributed by atoms with E-state index in [2.05, 4.69) is 4.98 Å². The summed E-state index contributed by atoms with van der Waals surface area (Å²) in [5, 5.41) is 11.7. The van der Waals surface area contributed by atoms with Crippen LogP contribution in [0.1, 0.15) is 35.2 Å². The summed E-state index contributed by atoms with van der Waals surface area (Å²) >= 11 is 1.29. The molecule has 1 N–H and O–H groups in total. The quantitative estimate of drug-likeness (QED) is 0.222. The first-order chi connectivity index (χ1) is 17.3. The smallest absolute Gasteiger partial charge is 0.301 e. The van der Waals surface area contributed by atoms with E-state index in [0.717, 1.165) is 21.6 Å². The van der Waals surface area contributed by atoms with Crippen LogP contribution in [0.5, 0.6) is 5.75 Å². The number of rotatable bonds is 3. The van der Waals surface area contributed by atoms with Crippen LogP contribution in [0.15, 0.2) is 66.2 Å². The van der Waals surface area contributed by atoms with Crippen LogP contribution < -0.4 is 9.64 Å². The number of fused-ring (bicyclic) bond motifs is 2. The Morgan fingerprint density at radius 3 is 2.67 bits per heavy atom. The van der Waals surface area contributed by atoms with Gasteiger partial charge < -0.3 is 9.84 Å². The van der Waals surface area contributed by atoms with Crippen molar-refractivity contribution < 1.29 is 23.8 Å². The van der Waals surface area contributed by atoms with Crippen LogP contribution >= 0.6 is 11.3 Å².